The molecule has 2 fully saturated rings. The molecule has 1 heterocycles. The van der Waals surface area contributed by atoms with Crippen molar-refractivity contribution in [3.8, 4) is 0 Å². The van der Waals surface area contributed by atoms with Crippen LogP contribution in [0.4, 0.5) is 0 Å². The van der Waals surface area contributed by atoms with Gasteiger partial charge in [0, 0.05) is 19.1 Å². The molecular weight excluding hydrogens is 188 g/mol. The standard InChI is InChI=1S/C12H22N2O/c1-9-7-11(8-9)13-10(2)12(15)14-5-3-4-6-14/h9-11,13H,3-8H2,1-2H3. The molecule has 0 aromatic rings. The van der Waals surface area contributed by atoms with E-state index in [1.807, 2.05) is 11.8 Å². The Hall–Kier alpha value is -0.570. The van der Waals surface area contributed by atoms with Gasteiger partial charge in [-0.1, -0.05) is 6.92 Å². The Bertz CT molecular complexity index is 230. The molecule has 2 rings (SSSR count). The van der Waals surface area contributed by atoms with Crippen LogP contribution in [0.5, 0.6) is 0 Å². The lowest BCUT2D eigenvalue weighted by molar-refractivity contribution is -0.132. The zero-order valence-electron chi connectivity index (χ0n) is 9.83. The molecule has 1 atom stereocenters. The predicted octanol–water partition coefficient (Wildman–Crippen LogP) is 1.39. The van der Waals surface area contributed by atoms with Crippen molar-refractivity contribution in [1.29, 1.82) is 0 Å². The number of nitrogens with zero attached hydrogens (tertiary/aromatic N) is 1. The van der Waals surface area contributed by atoms with E-state index in [2.05, 4.69) is 12.2 Å². The Morgan fingerprint density at radius 1 is 1.33 bits per heavy atom. The van der Waals surface area contributed by atoms with Crippen molar-refractivity contribution in [1.82, 2.24) is 10.2 Å². The van der Waals surface area contributed by atoms with Crippen LogP contribution in [0.1, 0.15) is 39.5 Å². The lowest BCUT2D eigenvalue weighted by Gasteiger charge is -2.36. The second-order valence-corrected chi connectivity index (χ2v) is 5.19. The monoisotopic (exact) mass is 210 g/mol. The maximum atomic E-state index is 12.0. The fraction of sp³-hybridized carbons (Fsp3) is 0.917. The second-order valence-electron chi connectivity index (χ2n) is 5.19. The molecule has 1 aliphatic heterocycles. The summed E-state index contributed by atoms with van der Waals surface area (Å²) in [4.78, 5) is 14.0. The van der Waals surface area contributed by atoms with Gasteiger partial charge in [0.25, 0.3) is 0 Å². The molecule has 1 aliphatic carbocycles. The predicted molar refractivity (Wildman–Crippen MR) is 60.6 cm³/mol. The highest BCUT2D eigenvalue weighted by Gasteiger charge is 2.30. The summed E-state index contributed by atoms with van der Waals surface area (Å²) in [6.07, 6.45) is 4.83. The van der Waals surface area contributed by atoms with E-state index in [4.69, 9.17) is 0 Å². The number of hydrogen-bond acceptors (Lipinski definition) is 2. The van der Waals surface area contributed by atoms with Gasteiger partial charge in [-0.05, 0) is 38.5 Å². The number of carbonyl (C=O) groups is 1. The molecule has 2 aliphatic rings. The van der Waals surface area contributed by atoms with Gasteiger partial charge in [0.15, 0.2) is 0 Å². The summed E-state index contributed by atoms with van der Waals surface area (Å²) in [6, 6.07) is 0.599. The van der Waals surface area contributed by atoms with Crippen molar-refractivity contribution in [2.24, 2.45) is 5.92 Å². The number of amides is 1. The average Bonchev–Trinajstić information content (AvgIpc) is 2.66. The summed E-state index contributed by atoms with van der Waals surface area (Å²) in [5.41, 5.74) is 0. The van der Waals surface area contributed by atoms with Crippen molar-refractivity contribution in [2.75, 3.05) is 13.1 Å². The largest absolute Gasteiger partial charge is 0.341 e. The van der Waals surface area contributed by atoms with Crippen molar-refractivity contribution < 1.29 is 4.79 Å². The highest BCUT2D eigenvalue weighted by molar-refractivity contribution is 5.81. The number of likely N-dealkylation sites (tertiary alicyclic amines) is 1. The van der Waals surface area contributed by atoms with Gasteiger partial charge in [0.05, 0.1) is 6.04 Å². The summed E-state index contributed by atoms with van der Waals surface area (Å²) < 4.78 is 0. The molecule has 0 bridgehead atoms. The van der Waals surface area contributed by atoms with Crippen LogP contribution in [0.25, 0.3) is 0 Å². The van der Waals surface area contributed by atoms with Crippen molar-refractivity contribution in [3.63, 3.8) is 0 Å². The van der Waals surface area contributed by atoms with Crippen molar-refractivity contribution in [2.45, 2.75) is 51.6 Å². The first-order valence-corrected chi connectivity index (χ1v) is 6.21. The number of hydrogen-bond donors (Lipinski definition) is 1. The first-order chi connectivity index (χ1) is 7.16. The highest BCUT2D eigenvalue weighted by atomic mass is 16.2. The average molecular weight is 210 g/mol. The minimum atomic E-state index is 0.0144. The fourth-order valence-corrected chi connectivity index (χ4v) is 2.67. The minimum Gasteiger partial charge on any atom is -0.341 e. The molecule has 1 saturated heterocycles. The Labute approximate surface area is 92.2 Å². The molecular formula is C12H22N2O. The van der Waals surface area contributed by atoms with Crippen molar-refractivity contribution >= 4 is 5.91 Å². The molecule has 1 saturated carbocycles. The summed E-state index contributed by atoms with van der Waals surface area (Å²) in [6.45, 7) is 6.20. The van der Waals surface area contributed by atoms with E-state index in [9.17, 15) is 4.79 Å². The van der Waals surface area contributed by atoms with Gasteiger partial charge in [0.1, 0.15) is 0 Å². The van der Waals surface area contributed by atoms with E-state index in [1.165, 1.54) is 25.7 Å². The van der Waals surface area contributed by atoms with Crippen LogP contribution in [0.15, 0.2) is 0 Å². The summed E-state index contributed by atoms with van der Waals surface area (Å²) >= 11 is 0. The number of carbonyl (C=O) groups excluding carboxylic acids is 1. The van der Waals surface area contributed by atoms with Gasteiger partial charge in [-0.2, -0.15) is 0 Å². The van der Waals surface area contributed by atoms with Crippen molar-refractivity contribution in [3.05, 3.63) is 0 Å². The van der Waals surface area contributed by atoms with Crippen LogP contribution in [0.3, 0.4) is 0 Å². The molecule has 0 aromatic heterocycles. The van der Waals surface area contributed by atoms with Gasteiger partial charge in [-0.15, -0.1) is 0 Å². The molecule has 1 amide bonds. The molecule has 0 aromatic carbocycles. The van der Waals surface area contributed by atoms with E-state index >= 15 is 0 Å². The van der Waals surface area contributed by atoms with Crippen LogP contribution in [0, 0.1) is 5.92 Å². The SMILES string of the molecule is CC1CC(NC(C)C(=O)N2CCCC2)C1. The van der Waals surface area contributed by atoms with Crippen LogP contribution in [0.2, 0.25) is 0 Å². The number of rotatable bonds is 3. The topological polar surface area (TPSA) is 32.3 Å². The highest BCUT2D eigenvalue weighted by Crippen LogP contribution is 2.26. The van der Waals surface area contributed by atoms with Gasteiger partial charge in [-0.3, -0.25) is 4.79 Å². The maximum Gasteiger partial charge on any atom is 0.239 e. The van der Waals surface area contributed by atoms with Gasteiger partial charge < -0.3 is 10.2 Å². The third-order valence-electron chi connectivity index (χ3n) is 3.65. The molecule has 1 N–H and O–H groups in total. The lowest BCUT2D eigenvalue weighted by Crippen LogP contribution is -2.51. The van der Waals surface area contributed by atoms with E-state index in [-0.39, 0.29) is 6.04 Å². The molecule has 15 heavy (non-hydrogen) atoms. The number of nitrogens with one attached hydrogen (secondary N) is 1. The minimum absolute atomic E-state index is 0.0144. The Morgan fingerprint density at radius 3 is 2.47 bits per heavy atom. The van der Waals surface area contributed by atoms with Crippen LogP contribution in [-0.4, -0.2) is 36.0 Å². The molecule has 86 valence electrons. The smallest absolute Gasteiger partial charge is 0.239 e. The maximum absolute atomic E-state index is 12.0. The lowest BCUT2D eigenvalue weighted by atomic mass is 9.81. The zero-order chi connectivity index (χ0) is 10.8. The van der Waals surface area contributed by atoms with Crippen LogP contribution >= 0.6 is 0 Å². The fourth-order valence-electron chi connectivity index (χ4n) is 2.67. The van der Waals surface area contributed by atoms with Gasteiger partial charge >= 0.3 is 0 Å². The van der Waals surface area contributed by atoms with E-state index in [0.29, 0.717) is 11.9 Å². The van der Waals surface area contributed by atoms with E-state index < -0.39 is 0 Å². The molecule has 3 nitrogen and oxygen atoms in total. The Kier molecular flexibility index (Phi) is 3.29. The molecule has 0 radical (unpaired) electrons. The normalized spacial score (nSPS) is 32.5. The Morgan fingerprint density at radius 2 is 1.93 bits per heavy atom. The summed E-state index contributed by atoms with van der Waals surface area (Å²) in [5.74, 6) is 1.14. The van der Waals surface area contributed by atoms with Crippen LogP contribution < -0.4 is 5.32 Å². The summed E-state index contributed by atoms with van der Waals surface area (Å²) in [7, 11) is 0. The summed E-state index contributed by atoms with van der Waals surface area (Å²) in [5, 5.41) is 3.43. The third kappa shape index (κ3) is 2.51. The molecule has 0 spiro atoms. The van der Waals surface area contributed by atoms with Gasteiger partial charge in [0.2, 0.25) is 5.91 Å². The van der Waals surface area contributed by atoms with Gasteiger partial charge in [-0.25, -0.2) is 0 Å². The zero-order valence-corrected chi connectivity index (χ0v) is 9.83. The van der Waals surface area contributed by atoms with Crippen LogP contribution in [-0.2, 0) is 4.79 Å². The van der Waals surface area contributed by atoms with E-state index in [0.717, 1.165) is 19.0 Å². The first-order valence-electron chi connectivity index (χ1n) is 6.21. The quantitative estimate of drug-likeness (QED) is 0.763. The third-order valence-corrected chi connectivity index (χ3v) is 3.65. The molecule has 3 heteroatoms. The second kappa shape index (κ2) is 4.52. The first kappa shape index (κ1) is 10.9. The van der Waals surface area contributed by atoms with E-state index in [1.54, 1.807) is 0 Å². The molecule has 1 unspecified atom stereocenters. The Balaban J connectivity index is 1.74.